The van der Waals surface area contributed by atoms with Crippen LogP contribution in [0, 0.1) is 6.92 Å². The van der Waals surface area contributed by atoms with E-state index in [2.05, 4.69) is 36.4 Å². The fourth-order valence-electron chi connectivity index (χ4n) is 1.45. The van der Waals surface area contributed by atoms with E-state index in [1.54, 1.807) is 6.07 Å². The Balaban J connectivity index is 2.16. The number of hydrogen-bond donors (Lipinski definition) is 2. The van der Waals surface area contributed by atoms with Crippen molar-refractivity contribution >= 4 is 27.8 Å². The van der Waals surface area contributed by atoms with Gasteiger partial charge < -0.3 is 4.74 Å². The Morgan fingerprint density at radius 3 is 2.89 bits per heavy atom. The molecule has 2 rings (SSSR count). The van der Waals surface area contributed by atoms with Gasteiger partial charge in [0.2, 0.25) is 5.95 Å². The lowest BCUT2D eigenvalue weighted by Gasteiger charge is -2.05. The van der Waals surface area contributed by atoms with Crippen molar-refractivity contribution in [2.24, 2.45) is 0 Å². The number of nitrogens with one attached hydrogen (secondary N) is 2. The van der Waals surface area contributed by atoms with E-state index in [4.69, 9.17) is 4.74 Å². The smallest absolute Gasteiger partial charge is 0.336 e. The van der Waals surface area contributed by atoms with Crippen molar-refractivity contribution in [1.82, 2.24) is 15.2 Å². The zero-order valence-electron chi connectivity index (χ0n) is 9.82. The SMILES string of the molecule is COc1n[nH]c(NC(=O)c2ccc(Br)cc2C)n1. The molecule has 0 aliphatic heterocycles. The number of aromatic nitrogens is 3. The Morgan fingerprint density at radius 2 is 2.28 bits per heavy atom. The molecule has 0 aliphatic rings. The number of nitrogens with zero attached hydrogens (tertiary/aromatic N) is 2. The number of benzene rings is 1. The van der Waals surface area contributed by atoms with E-state index in [1.165, 1.54) is 7.11 Å². The Morgan fingerprint density at radius 1 is 1.50 bits per heavy atom. The number of carbonyl (C=O) groups is 1. The number of ether oxygens (including phenoxy) is 1. The molecule has 0 unspecified atom stereocenters. The fourth-order valence-corrected chi connectivity index (χ4v) is 1.93. The van der Waals surface area contributed by atoms with E-state index >= 15 is 0 Å². The molecule has 2 N–H and O–H groups in total. The first-order chi connectivity index (χ1) is 8.60. The van der Waals surface area contributed by atoms with Crippen LogP contribution in [0.2, 0.25) is 0 Å². The van der Waals surface area contributed by atoms with Gasteiger partial charge in [0.15, 0.2) is 0 Å². The zero-order chi connectivity index (χ0) is 13.1. The summed E-state index contributed by atoms with van der Waals surface area (Å²) in [6.07, 6.45) is 0. The average molecular weight is 311 g/mol. The highest BCUT2D eigenvalue weighted by Gasteiger charge is 2.12. The first-order valence-corrected chi connectivity index (χ1v) is 5.93. The van der Waals surface area contributed by atoms with Crippen molar-refractivity contribution in [3.05, 3.63) is 33.8 Å². The molecule has 1 heterocycles. The van der Waals surface area contributed by atoms with Crippen molar-refractivity contribution in [3.63, 3.8) is 0 Å². The third kappa shape index (κ3) is 2.67. The Hall–Kier alpha value is -1.89. The molecular weight excluding hydrogens is 300 g/mol. The number of aromatic amines is 1. The topological polar surface area (TPSA) is 79.9 Å². The van der Waals surface area contributed by atoms with Gasteiger partial charge in [0.25, 0.3) is 5.91 Å². The van der Waals surface area contributed by atoms with Gasteiger partial charge in [-0.15, -0.1) is 5.10 Å². The largest absolute Gasteiger partial charge is 0.466 e. The van der Waals surface area contributed by atoms with Gasteiger partial charge in [0, 0.05) is 10.0 Å². The molecule has 6 nitrogen and oxygen atoms in total. The maximum atomic E-state index is 12.0. The summed E-state index contributed by atoms with van der Waals surface area (Å²) in [7, 11) is 1.45. The van der Waals surface area contributed by atoms with Crippen LogP contribution in [0.15, 0.2) is 22.7 Å². The lowest BCUT2D eigenvalue weighted by molar-refractivity contribution is 0.102. The maximum absolute atomic E-state index is 12.0. The van der Waals surface area contributed by atoms with Crippen LogP contribution in [0.3, 0.4) is 0 Å². The molecule has 18 heavy (non-hydrogen) atoms. The fraction of sp³-hybridized carbons (Fsp3) is 0.182. The lowest BCUT2D eigenvalue weighted by atomic mass is 10.1. The second-order valence-electron chi connectivity index (χ2n) is 3.58. The number of carbonyl (C=O) groups excluding carboxylic acids is 1. The number of amides is 1. The van der Waals surface area contributed by atoms with Crippen LogP contribution in [-0.4, -0.2) is 28.2 Å². The van der Waals surface area contributed by atoms with Gasteiger partial charge in [0.05, 0.1) is 7.11 Å². The minimum atomic E-state index is -0.251. The summed E-state index contributed by atoms with van der Waals surface area (Å²) >= 11 is 3.35. The van der Waals surface area contributed by atoms with Crippen LogP contribution < -0.4 is 10.1 Å². The molecule has 1 aromatic carbocycles. The molecule has 0 saturated carbocycles. The van der Waals surface area contributed by atoms with Crippen molar-refractivity contribution in [3.8, 4) is 6.01 Å². The summed E-state index contributed by atoms with van der Waals surface area (Å²) < 4.78 is 5.74. The zero-order valence-corrected chi connectivity index (χ0v) is 11.4. The van der Waals surface area contributed by atoms with Gasteiger partial charge in [-0.05, 0) is 30.7 Å². The molecule has 0 aliphatic carbocycles. The van der Waals surface area contributed by atoms with Gasteiger partial charge >= 0.3 is 6.01 Å². The summed E-state index contributed by atoms with van der Waals surface area (Å²) in [4.78, 5) is 15.9. The average Bonchev–Trinajstić information content (AvgIpc) is 2.76. The van der Waals surface area contributed by atoms with E-state index in [-0.39, 0.29) is 17.9 Å². The van der Waals surface area contributed by atoms with Gasteiger partial charge in [-0.3, -0.25) is 10.1 Å². The first-order valence-electron chi connectivity index (χ1n) is 5.14. The number of halogens is 1. The third-order valence-corrected chi connectivity index (χ3v) is 2.81. The molecule has 0 bridgehead atoms. The van der Waals surface area contributed by atoms with Crippen LogP contribution in [0.4, 0.5) is 5.95 Å². The highest BCUT2D eigenvalue weighted by molar-refractivity contribution is 9.10. The molecular formula is C11H11BrN4O2. The Bertz CT molecular complexity index is 582. The maximum Gasteiger partial charge on any atom is 0.336 e. The lowest BCUT2D eigenvalue weighted by Crippen LogP contribution is -2.14. The van der Waals surface area contributed by atoms with Crippen LogP contribution in [-0.2, 0) is 0 Å². The number of hydrogen-bond acceptors (Lipinski definition) is 4. The molecule has 0 fully saturated rings. The number of methoxy groups -OCH3 is 1. The van der Waals surface area contributed by atoms with E-state index in [0.29, 0.717) is 5.56 Å². The molecule has 0 spiro atoms. The molecule has 7 heteroatoms. The van der Waals surface area contributed by atoms with E-state index in [0.717, 1.165) is 10.0 Å². The Kier molecular flexibility index (Phi) is 3.61. The van der Waals surface area contributed by atoms with Crippen LogP contribution in [0.5, 0.6) is 6.01 Å². The van der Waals surface area contributed by atoms with Crippen molar-refractivity contribution < 1.29 is 9.53 Å². The molecule has 1 aromatic heterocycles. The molecule has 1 amide bonds. The highest BCUT2D eigenvalue weighted by atomic mass is 79.9. The summed E-state index contributed by atoms with van der Waals surface area (Å²) in [5.41, 5.74) is 1.45. The van der Waals surface area contributed by atoms with E-state index < -0.39 is 0 Å². The predicted molar refractivity (Wildman–Crippen MR) is 69.8 cm³/mol. The normalized spacial score (nSPS) is 10.2. The van der Waals surface area contributed by atoms with Crippen molar-refractivity contribution in [2.45, 2.75) is 6.92 Å². The molecule has 0 saturated heterocycles. The molecule has 2 aromatic rings. The van der Waals surface area contributed by atoms with E-state index in [1.807, 2.05) is 19.1 Å². The molecule has 0 atom stereocenters. The number of aryl methyl sites for hydroxylation is 1. The number of H-pyrrole nitrogens is 1. The van der Waals surface area contributed by atoms with Crippen LogP contribution in [0.25, 0.3) is 0 Å². The quantitative estimate of drug-likeness (QED) is 0.910. The molecule has 0 radical (unpaired) electrons. The van der Waals surface area contributed by atoms with Gasteiger partial charge in [-0.1, -0.05) is 15.9 Å². The highest BCUT2D eigenvalue weighted by Crippen LogP contribution is 2.17. The summed E-state index contributed by atoms with van der Waals surface area (Å²) in [6, 6.07) is 5.60. The van der Waals surface area contributed by atoms with Crippen LogP contribution in [0.1, 0.15) is 15.9 Å². The summed E-state index contributed by atoms with van der Waals surface area (Å²) in [5.74, 6) is -0.00188. The minimum Gasteiger partial charge on any atom is -0.466 e. The van der Waals surface area contributed by atoms with Gasteiger partial charge in [-0.25, -0.2) is 5.10 Å². The second-order valence-corrected chi connectivity index (χ2v) is 4.50. The Labute approximate surface area is 112 Å². The number of rotatable bonds is 3. The number of anilines is 1. The summed E-state index contributed by atoms with van der Waals surface area (Å²) in [5, 5.41) is 8.91. The summed E-state index contributed by atoms with van der Waals surface area (Å²) in [6.45, 7) is 1.86. The molecule has 94 valence electrons. The minimum absolute atomic E-state index is 0.179. The second kappa shape index (κ2) is 5.18. The monoisotopic (exact) mass is 310 g/mol. The third-order valence-electron chi connectivity index (χ3n) is 2.31. The van der Waals surface area contributed by atoms with Gasteiger partial charge in [-0.2, -0.15) is 4.98 Å². The van der Waals surface area contributed by atoms with Crippen LogP contribution >= 0.6 is 15.9 Å². The first kappa shape index (κ1) is 12.6. The van der Waals surface area contributed by atoms with Crippen molar-refractivity contribution in [1.29, 1.82) is 0 Å². The van der Waals surface area contributed by atoms with Gasteiger partial charge in [0.1, 0.15) is 0 Å². The van der Waals surface area contributed by atoms with E-state index in [9.17, 15) is 4.79 Å². The predicted octanol–water partition coefficient (Wildman–Crippen LogP) is 2.14. The van der Waals surface area contributed by atoms with Crippen molar-refractivity contribution in [2.75, 3.05) is 12.4 Å². The standard InChI is InChI=1S/C11H11BrN4O2/c1-6-5-7(12)3-4-8(6)9(17)13-10-14-11(18-2)16-15-10/h3-5H,1-2H3,(H2,13,14,15,16,17).